The molecule has 0 aliphatic carbocycles. The molecule has 0 radical (unpaired) electrons. The van der Waals surface area contributed by atoms with E-state index in [9.17, 15) is 4.79 Å². The molecular formula is C15H16N2O2. The van der Waals surface area contributed by atoms with Crippen molar-refractivity contribution in [2.24, 2.45) is 10.7 Å². The zero-order valence-corrected chi connectivity index (χ0v) is 10.5. The van der Waals surface area contributed by atoms with Gasteiger partial charge in [-0.3, -0.25) is 4.99 Å². The third-order valence-electron chi connectivity index (χ3n) is 3.20. The third kappa shape index (κ3) is 2.80. The smallest absolute Gasteiger partial charge is 0.328 e. The van der Waals surface area contributed by atoms with Gasteiger partial charge in [0, 0.05) is 18.8 Å². The second kappa shape index (κ2) is 5.63. The van der Waals surface area contributed by atoms with Crippen molar-refractivity contribution >= 4 is 12.2 Å². The summed E-state index contributed by atoms with van der Waals surface area (Å²) in [4.78, 5) is 15.1. The second-order valence-electron chi connectivity index (χ2n) is 4.42. The summed E-state index contributed by atoms with van der Waals surface area (Å²) in [7, 11) is 0. The zero-order chi connectivity index (χ0) is 13.7. The number of carboxylic acids is 1. The van der Waals surface area contributed by atoms with Crippen molar-refractivity contribution in [1.82, 2.24) is 0 Å². The zero-order valence-electron chi connectivity index (χ0n) is 10.5. The van der Waals surface area contributed by atoms with Gasteiger partial charge in [-0.2, -0.15) is 0 Å². The van der Waals surface area contributed by atoms with E-state index in [1.165, 1.54) is 6.08 Å². The Bertz CT molecular complexity index is 561. The molecule has 0 saturated heterocycles. The van der Waals surface area contributed by atoms with Crippen LogP contribution in [0, 0.1) is 0 Å². The first-order chi connectivity index (χ1) is 9.18. The van der Waals surface area contributed by atoms with Gasteiger partial charge in [0.2, 0.25) is 0 Å². The Morgan fingerprint density at radius 2 is 2.26 bits per heavy atom. The first-order valence-electron chi connectivity index (χ1n) is 6.06. The van der Waals surface area contributed by atoms with Crippen molar-refractivity contribution < 1.29 is 9.90 Å². The van der Waals surface area contributed by atoms with Crippen molar-refractivity contribution in [2.75, 3.05) is 6.54 Å². The fourth-order valence-corrected chi connectivity index (χ4v) is 2.28. The van der Waals surface area contributed by atoms with Crippen LogP contribution in [0.5, 0.6) is 0 Å². The summed E-state index contributed by atoms with van der Waals surface area (Å²) >= 11 is 0. The molecule has 2 rings (SSSR count). The second-order valence-corrected chi connectivity index (χ2v) is 4.42. The molecule has 1 aliphatic rings. The molecule has 1 aromatic carbocycles. The largest absolute Gasteiger partial charge is 0.478 e. The van der Waals surface area contributed by atoms with E-state index < -0.39 is 11.4 Å². The first-order valence-corrected chi connectivity index (χ1v) is 6.06. The highest BCUT2D eigenvalue weighted by Crippen LogP contribution is 2.32. The number of aliphatic carboxylic acids is 1. The van der Waals surface area contributed by atoms with Crippen LogP contribution in [0.4, 0.5) is 0 Å². The van der Waals surface area contributed by atoms with Crippen molar-refractivity contribution in [1.29, 1.82) is 0 Å². The van der Waals surface area contributed by atoms with Crippen molar-refractivity contribution in [3.8, 4) is 0 Å². The summed E-state index contributed by atoms with van der Waals surface area (Å²) in [5.74, 6) is -0.965. The van der Waals surface area contributed by atoms with E-state index in [0.717, 1.165) is 11.1 Å². The quantitative estimate of drug-likeness (QED) is 0.804. The van der Waals surface area contributed by atoms with Gasteiger partial charge in [-0.1, -0.05) is 36.4 Å². The molecule has 0 saturated carbocycles. The minimum absolute atomic E-state index is 0.413. The molecule has 0 fully saturated rings. The normalized spacial score (nSPS) is 21.9. The number of allylic oxidation sites excluding steroid dienone is 1. The minimum atomic E-state index is -0.965. The Morgan fingerprint density at radius 3 is 2.89 bits per heavy atom. The van der Waals surface area contributed by atoms with E-state index in [1.807, 2.05) is 36.4 Å². The monoisotopic (exact) mass is 256 g/mol. The number of nitrogens with zero attached hydrogens (tertiary/aromatic N) is 1. The molecule has 1 unspecified atom stereocenters. The SMILES string of the molecule is NCc1ccccc1C1(/C=C/C(=O)O)C=CC=NC1. The van der Waals surface area contributed by atoms with Crippen LogP contribution in [0.25, 0.3) is 0 Å². The molecule has 1 aromatic rings. The van der Waals surface area contributed by atoms with E-state index in [0.29, 0.717) is 13.1 Å². The Kier molecular flexibility index (Phi) is 3.92. The molecule has 0 aromatic heterocycles. The number of dihydropyridines is 1. The van der Waals surface area contributed by atoms with E-state index in [1.54, 1.807) is 12.3 Å². The van der Waals surface area contributed by atoms with Gasteiger partial charge >= 0.3 is 5.97 Å². The molecule has 0 bridgehead atoms. The number of aliphatic imine (C=N–C) groups is 1. The van der Waals surface area contributed by atoms with Crippen LogP contribution in [0.15, 0.2) is 53.6 Å². The number of nitrogens with two attached hydrogens (primary N) is 1. The van der Waals surface area contributed by atoms with Crippen LogP contribution < -0.4 is 5.73 Å². The van der Waals surface area contributed by atoms with E-state index in [2.05, 4.69) is 4.99 Å². The first kappa shape index (κ1) is 13.2. The van der Waals surface area contributed by atoms with Crippen LogP contribution in [0.1, 0.15) is 11.1 Å². The number of benzene rings is 1. The molecule has 4 nitrogen and oxygen atoms in total. The number of carboxylic acid groups (broad SMARTS) is 1. The number of carbonyl (C=O) groups is 1. The highest BCUT2D eigenvalue weighted by Gasteiger charge is 2.29. The standard InChI is InChI=1S/C15H16N2O2/c16-10-12-4-1-2-5-13(12)15(8-6-14(18)19)7-3-9-17-11-15/h1-9H,10-11,16H2,(H,18,19)/b8-6+. The maximum absolute atomic E-state index is 10.8. The van der Waals surface area contributed by atoms with Crippen LogP contribution in [-0.2, 0) is 16.8 Å². The lowest BCUT2D eigenvalue weighted by atomic mass is 9.76. The Morgan fingerprint density at radius 1 is 1.47 bits per heavy atom. The van der Waals surface area contributed by atoms with Gasteiger partial charge < -0.3 is 10.8 Å². The molecule has 1 heterocycles. The molecule has 3 N–H and O–H groups in total. The molecule has 1 atom stereocenters. The summed E-state index contributed by atoms with van der Waals surface area (Å²) in [6.45, 7) is 0.903. The summed E-state index contributed by atoms with van der Waals surface area (Å²) in [5.41, 5.74) is 7.25. The van der Waals surface area contributed by atoms with Crippen LogP contribution in [0.3, 0.4) is 0 Å². The minimum Gasteiger partial charge on any atom is -0.478 e. The lowest BCUT2D eigenvalue weighted by molar-refractivity contribution is -0.131. The van der Waals surface area contributed by atoms with Gasteiger partial charge in [-0.15, -0.1) is 0 Å². The maximum Gasteiger partial charge on any atom is 0.328 e. The van der Waals surface area contributed by atoms with Crippen LogP contribution >= 0.6 is 0 Å². The highest BCUT2D eigenvalue weighted by atomic mass is 16.4. The summed E-state index contributed by atoms with van der Waals surface area (Å²) in [5, 5.41) is 8.86. The predicted molar refractivity (Wildman–Crippen MR) is 75.3 cm³/mol. The van der Waals surface area contributed by atoms with Gasteiger partial charge in [-0.25, -0.2) is 4.79 Å². The lowest BCUT2D eigenvalue weighted by Crippen LogP contribution is -2.29. The average molecular weight is 256 g/mol. The average Bonchev–Trinajstić information content (AvgIpc) is 2.46. The topological polar surface area (TPSA) is 75.7 Å². The molecule has 4 heteroatoms. The molecule has 1 aliphatic heterocycles. The number of hydrogen-bond acceptors (Lipinski definition) is 3. The van der Waals surface area contributed by atoms with Gasteiger partial charge in [0.1, 0.15) is 0 Å². The molecule has 98 valence electrons. The van der Waals surface area contributed by atoms with Crippen molar-refractivity contribution in [2.45, 2.75) is 12.0 Å². The molecule has 0 amide bonds. The number of rotatable bonds is 4. The fourth-order valence-electron chi connectivity index (χ4n) is 2.28. The predicted octanol–water partition coefficient (Wildman–Crippen LogP) is 1.66. The van der Waals surface area contributed by atoms with E-state index >= 15 is 0 Å². The maximum atomic E-state index is 10.8. The highest BCUT2D eigenvalue weighted by molar-refractivity contribution is 5.81. The van der Waals surface area contributed by atoms with Crippen LogP contribution in [0.2, 0.25) is 0 Å². The Balaban J connectivity index is 2.52. The van der Waals surface area contributed by atoms with E-state index in [4.69, 9.17) is 10.8 Å². The third-order valence-corrected chi connectivity index (χ3v) is 3.20. The molecular weight excluding hydrogens is 240 g/mol. The summed E-state index contributed by atoms with van der Waals surface area (Å²) in [6.07, 6.45) is 8.37. The molecule has 0 spiro atoms. The Hall–Kier alpha value is -2.20. The summed E-state index contributed by atoms with van der Waals surface area (Å²) in [6, 6.07) is 7.78. The van der Waals surface area contributed by atoms with Gasteiger partial charge in [0.15, 0.2) is 0 Å². The van der Waals surface area contributed by atoms with Gasteiger partial charge in [-0.05, 0) is 17.2 Å². The fraction of sp³-hybridized carbons (Fsp3) is 0.200. The lowest BCUT2D eigenvalue weighted by Gasteiger charge is -2.29. The van der Waals surface area contributed by atoms with E-state index in [-0.39, 0.29) is 0 Å². The molecule has 19 heavy (non-hydrogen) atoms. The summed E-state index contributed by atoms with van der Waals surface area (Å²) < 4.78 is 0. The van der Waals surface area contributed by atoms with Crippen molar-refractivity contribution in [3.05, 3.63) is 59.7 Å². The number of hydrogen-bond donors (Lipinski definition) is 2. The van der Waals surface area contributed by atoms with Crippen LogP contribution in [-0.4, -0.2) is 23.8 Å². The van der Waals surface area contributed by atoms with Gasteiger partial charge in [0.25, 0.3) is 0 Å². The Labute approximate surface area is 112 Å². The van der Waals surface area contributed by atoms with Crippen molar-refractivity contribution in [3.63, 3.8) is 0 Å². The van der Waals surface area contributed by atoms with Gasteiger partial charge in [0.05, 0.1) is 12.0 Å².